The second-order valence-corrected chi connectivity index (χ2v) is 3.84. The summed E-state index contributed by atoms with van der Waals surface area (Å²) in [5.74, 6) is -0.747. The maximum Gasteiger partial charge on any atom is 0.313 e. The molecule has 0 aromatic rings. The number of nitrogens with one attached hydrogen (secondary N) is 1. The van der Waals surface area contributed by atoms with Gasteiger partial charge in [-0.05, 0) is 19.4 Å². The van der Waals surface area contributed by atoms with E-state index in [4.69, 9.17) is 0 Å². The van der Waals surface area contributed by atoms with Gasteiger partial charge in [-0.15, -0.1) is 0 Å². The molecule has 0 bridgehead atoms. The van der Waals surface area contributed by atoms with Crippen LogP contribution in [0.15, 0.2) is 0 Å². The Bertz CT molecular complexity index is 261. The zero-order valence-electron chi connectivity index (χ0n) is 8.32. The van der Waals surface area contributed by atoms with Gasteiger partial charge in [0.05, 0.1) is 6.17 Å². The zero-order chi connectivity index (χ0) is 10.1. The highest BCUT2D eigenvalue weighted by molar-refractivity contribution is 6.35. The number of rotatable bonds is 1. The van der Waals surface area contributed by atoms with Gasteiger partial charge in [-0.25, -0.2) is 0 Å². The Hall–Kier alpha value is -1.10. The van der Waals surface area contributed by atoms with Crippen molar-refractivity contribution in [1.29, 1.82) is 0 Å². The number of nitrogens with zero attached hydrogens (tertiary/aromatic N) is 2. The van der Waals surface area contributed by atoms with Crippen molar-refractivity contribution in [2.24, 2.45) is 0 Å². The van der Waals surface area contributed by atoms with E-state index in [1.807, 2.05) is 0 Å². The summed E-state index contributed by atoms with van der Waals surface area (Å²) in [5.41, 5.74) is 0. The molecule has 0 saturated carbocycles. The lowest BCUT2D eigenvalue weighted by Gasteiger charge is -2.35. The van der Waals surface area contributed by atoms with Gasteiger partial charge in [-0.2, -0.15) is 0 Å². The van der Waals surface area contributed by atoms with Crippen molar-refractivity contribution < 1.29 is 9.59 Å². The fraction of sp³-hybridized carbons (Fsp3) is 0.778. The summed E-state index contributed by atoms with van der Waals surface area (Å²) in [6.07, 6.45) is 2.13. The number of amides is 2. The molecule has 2 fully saturated rings. The summed E-state index contributed by atoms with van der Waals surface area (Å²) in [5, 5.41) is 3.23. The summed E-state index contributed by atoms with van der Waals surface area (Å²) in [6.45, 7) is 2.24. The van der Waals surface area contributed by atoms with Gasteiger partial charge in [-0.1, -0.05) is 0 Å². The van der Waals surface area contributed by atoms with Crippen LogP contribution in [0.5, 0.6) is 0 Å². The van der Waals surface area contributed by atoms with Crippen molar-refractivity contribution >= 4 is 11.8 Å². The summed E-state index contributed by atoms with van der Waals surface area (Å²) < 4.78 is 0. The normalized spacial score (nSPS) is 28.8. The van der Waals surface area contributed by atoms with Crippen LogP contribution in [0.25, 0.3) is 0 Å². The predicted molar refractivity (Wildman–Crippen MR) is 50.4 cm³/mol. The minimum Gasteiger partial charge on any atom is -0.336 e. The third-order valence-corrected chi connectivity index (χ3v) is 2.88. The Morgan fingerprint density at radius 2 is 2.07 bits per heavy atom. The van der Waals surface area contributed by atoms with E-state index in [0.717, 1.165) is 19.4 Å². The van der Waals surface area contributed by atoms with Crippen LogP contribution in [-0.4, -0.2) is 54.5 Å². The highest BCUT2D eigenvalue weighted by atomic mass is 16.2. The topological polar surface area (TPSA) is 52.6 Å². The molecule has 0 aromatic carbocycles. The molecule has 2 aliphatic rings. The van der Waals surface area contributed by atoms with Gasteiger partial charge in [0.2, 0.25) is 0 Å². The average molecular weight is 197 g/mol. The van der Waals surface area contributed by atoms with Crippen molar-refractivity contribution in [2.45, 2.75) is 19.0 Å². The second kappa shape index (κ2) is 3.57. The van der Waals surface area contributed by atoms with Gasteiger partial charge in [0.15, 0.2) is 0 Å². The van der Waals surface area contributed by atoms with Gasteiger partial charge in [-0.3, -0.25) is 14.9 Å². The van der Waals surface area contributed by atoms with Crippen LogP contribution in [0, 0.1) is 0 Å². The first-order chi connectivity index (χ1) is 6.70. The summed E-state index contributed by atoms with van der Waals surface area (Å²) in [4.78, 5) is 26.2. The maximum absolute atomic E-state index is 11.6. The fourth-order valence-electron chi connectivity index (χ4n) is 1.98. The minimum absolute atomic E-state index is 0.0835. The Morgan fingerprint density at radius 1 is 1.29 bits per heavy atom. The van der Waals surface area contributed by atoms with E-state index in [2.05, 4.69) is 5.32 Å². The monoisotopic (exact) mass is 197 g/mol. The van der Waals surface area contributed by atoms with Crippen molar-refractivity contribution in [3.63, 3.8) is 0 Å². The number of carbonyl (C=O) groups excluding carboxylic acids is 2. The average Bonchev–Trinajstić information content (AvgIpc) is 2.67. The molecule has 14 heavy (non-hydrogen) atoms. The smallest absolute Gasteiger partial charge is 0.313 e. The fourth-order valence-corrected chi connectivity index (χ4v) is 1.98. The third kappa shape index (κ3) is 1.48. The number of likely N-dealkylation sites (N-methyl/N-ethyl adjacent to an activating group) is 1. The molecule has 1 atom stereocenters. The molecule has 1 N–H and O–H groups in total. The van der Waals surface area contributed by atoms with Gasteiger partial charge in [0, 0.05) is 20.1 Å². The van der Waals surface area contributed by atoms with E-state index in [9.17, 15) is 9.59 Å². The molecule has 0 aromatic heterocycles. The molecule has 0 aliphatic carbocycles. The highest BCUT2D eigenvalue weighted by Gasteiger charge is 2.35. The van der Waals surface area contributed by atoms with E-state index in [1.165, 1.54) is 4.90 Å². The number of piperazine rings is 1. The number of hydrogen-bond donors (Lipinski definition) is 1. The summed E-state index contributed by atoms with van der Waals surface area (Å²) in [7, 11) is 1.67. The lowest BCUT2D eigenvalue weighted by molar-refractivity contribution is -0.156. The summed E-state index contributed by atoms with van der Waals surface area (Å²) >= 11 is 0. The molecule has 2 rings (SSSR count). The van der Waals surface area contributed by atoms with E-state index >= 15 is 0 Å². The highest BCUT2D eigenvalue weighted by Crippen LogP contribution is 2.13. The first-order valence-corrected chi connectivity index (χ1v) is 4.99. The maximum atomic E-state index is 11.6. The number of carbonyl (C=O) groups is 2. The third-order valence-electron chi connectivity index (χ3n) is 2.88. The Kier molecular flexibility index (Phi) is 2.41. The van der Waals surface area contributed by atoms with Crippen molar-refractivity contribution in [3.05, 3.63) is 0 Å². The molecule has 0 spiro atoms. The largest absolute Gasteiger partial charge is 0.336 e. The first-order valence-electron chi connectivity index (χ1n) is 4.99. The van der Waals surface area contributed by atoms with E-state index < -0.39 is 0 Å². The number of hydrogen-bond acceptors (Lipinski definition) is 3. The van der Waals surface area contributed by atoms with Gasteiger partial charge < -0.3 is 9.80 Å². The van der Waals surface area contributed by atoms with Gasteiger partial charge in [0.1, 0.15) is 0 Å². The SMILES string of the molecule is CN1CCN(C2CCCN2)C(=O)C1=O. The van der Waals surface area contributed by atoms with Gasteiger partial charge >= 0.3 is 11.8 Å². The Morgan fingerprint density at radius 3 is 2.71 bits per heavy atom. The zero-order valence-corrected chi connectivity index (χ0v) is 8.32. The van der Waals surface area contributed by atoms with Crippen LogP contribution in [-0.2, 0) is 9.59 Å². The minimum atomic E-state index is -0.384. The van der Waals surface area contributed by atoms with Crippen LogP contribution in [0.2, 0.25) is 0 Å². The molecule has 2 saturated heterocycles. The standard InChI is InChI=1S/C9H15N3O2/c1-11-5-6-12(9(14)8(11)13)7-3-2-4-10-7/h7,10H,2-6H2,1H3. The Balaban J connectivity index is 2.06. The molecular formula is C9H15N3O2. The van der Waals surface area contributed by atoms with Crippen LogP contribution >= 0.6 is 0 Å². The van der Waals surface area contributed by atoms with E-state index in [0.29, 0.717) is 13.1 Å². The molecule has 1 unspecified atom stereocenters. The van der Waals surface area contributed by atoms with Crippen LogP contribution in [0.3, 0.4) is 0 Å². The van der Waals surface area contributed by atoms with Crippen molar-refractivity contribution in [3.8, 4) is 0 Å². The Labute approximate surface area is 83.0 Å². The van der Waals surface area contributed by atoms with E-state index in [-0.39, 0.29) is 18.0 Å². The molecule has 5 nitrogen and oxygen atoms in total. The summed E-state index contributed by atoms with van der Waals surface area (Å²) in [6, 6.07) is 0. The van der Waals surface area contributed by atoms with Crippen LogP contribution in [0.4, 0.5) is 0 Å². The lowest BCUT2D eigenvalue weighted by Crippen LogP contribution is -2.58. The molecule has 5 heteroatoms. The van der Waals surface area contributed by atoms with E-state index in [1.54, 1.807) is 11.9 Å². The molecule has 2 aliphatic heterocycles. The molecule has 0 radical (unpaired) electrons. The van der Waals surface area contributed by atoms with Crippen LogP contribution in [0.1, 0.15) is 12.8 Å². The molecule has 2 amide bonds. The van der Waals surface area contributed by atoms with Gasteiger partial charge in [0.25, 0.3) is 0 Å². The molecule has 2 heterocycles. The van der Waals surface area contributed by atoms with Crippen molar-refractivity contribution in [1.82, 2.24) is 15.1 Å². The van der Waals surface area contributed by atoms with Crippen LogP contribution < -0.4 is 5.32 Å². The predicted octanol–water partition coefficient (Wildman–Crippen LogP) is -1.00. The molecular weight excluding hydrogens is 182 g/mol. The second-order valence-electron chi connectivity index (χ2n) is 3.84. The van der Waals surface area contributed by atoms with Crippen molar-refractivity contribution in [2.75, 3.05) is 26.7 Å². The molecule has 78 valence electrons. The quantitative estimate of drug-likeness (QED) is 0.548. The first kappa shape index (κ1) is 9.45. The lowest BCUT2D eigenvalue weighted by atomic mass is 10.2.